The molecule has 0 radical (unpaired) electrons. The van der Waals surface area contributed by atoms with Crippen molar-refractivity contribution in [3.8, 4) is 0 Å². The molecule has 1 unspecified atom stereocenters. The molecule has 2 heterocycles. The monoisotopic (exact) mass is 207 g/mol. The van der Waals surface area contributed by atoms with Gasteiger partial charge in [0.25, 0.3) is 0 Å². The normalized spacial score (nSPS) is 13.0. The molecule has 2 N–H and O–H groups in total. The fraction of sp³-hybridized carbons (Fsp3) is 0.273. The summed E-state index contributed by atoms with van der Waals surface area (Å²) < 4.78 is 5.35. The Morgan fingerprint density at radius 1 is 1.50 bits per heavy atom. The summed E-state index contributed by atoms with van der Waals surface area (Å²) in [4.78, 5) is 1.30. The number of rotatable bonds is 3. The zero-order valence-corrected chi connectivity index (χ0v) is 8.88. The van der Waals surface area contributed by atoms with Crippen LogP contribution in [0, 0.1) is 6.92 Å². The molecule has 14 heavy (non-hydrogen) atoms. The largest absolute Gasteiger partial charge is 0.467 e. The first-order valence-corrected chi connectivity index (χ1v) is 5.47. The molecule has 0 aliphatic carbocycles. The van der Waals surface area contributed by atoms with Crippen LogP contribution in [0.25, 0.3) is 0 Å². The van der Waals surface area contributed by atoms with Gasteiger partial charge in [0.1, 0.15) is 5.76 Å². The lowest BCUT2D eigenvalue weighted by Crippen LogP contribution is -2.12. The lowest BCUT2D eigenvalue weighted by molar-refractivity contribution is 0.463. The standard InChI is InChI=1S/C11H13NOS/c1-8-4-5-13-11(8)10(12)7-9-3-2-6-14-9/h2-6,10H,7,12H2,1H3. The molecule has 1 atom stereocenters. The van der Waals surface area contributed by atoms with Crippen LogP contribution in [0.15, 0.2) is 34.3 Å². The van der Waals surface area contributed by atoms with Gasteiger partial charge in [0.2, 0.25) is 0 Å². The van der Waals surface area contributed by atoms with Crippen molar-refractivity contribution in [2.75, 3.05) is 0 Å². The van der Waals surface area contributed by atoms with Crippen LogP contribution in [-0.2, 0) is 6.42 Å². The van der Waals surface area contributed by atoms with Crippen LogP contribution in [0.2, 0.25) is 0 Å². The third-order valence-electron chi connectivity index (χ3n) is 2.24. The summed E-state index contributed by atoms with van der Waals surface area (Å²) in [6.07, 6.45) is 2.55. The second kappa shape index (κ2) is 3.98. The van der Waals surface area contributed by atoms with Crippen LogP contribution in [0.4, 0.5) is 0 Å². The van der Waals surface area contributed by atoms with E-state index in [9.17, 15) is 0 Å². The number of furan rings is 1. The molecule has 0 aromatic carbocycles. The molecule has 0 aliphatic rings. The predicted octanol–water partition coefficient (Wildman–Crippen LogP) is 2.89. The van der Waals surface area contributed by atoms with E-state index in [1.54, 1.807) is 17.6 Å². The van der Waals surface area contributed by atoms with Crippen molar-refractivity contribution in [2.24, 2.45) is 5.73 Å². The second-order valence-electron chi connectivity index (χ2n) is 3.36. The second-order valence-corrected chi connectivity index (χ2v) is 4.39. The Morgan fingerprint density at radius 2 is 2.36 bits per heavy atom. The van der Waals surface area contributed by atoms with Gasteiger partial charge in [-0.1, -0.05) is 6.07 Å². The third kappa shape index (κ3) is 1.89. The fourth-order valence-corrected chi connectivity index (χ4v) is 2.27. The van der Waals surface area contributed by atoms with Gasteiger partial charge in [0, 0.05) is 11.3 Å². The van der Waals surface area contributed by atoms with Crippen LogP contribution in [-0.4, -0.2) is 0 Å². The van der Waals surface area contributed by atoms with Crippen molar-refractivity contribution < 1.29 is 4.42 Å². The molecule has 2 nitrogen and oxygen atoms in total. The quantitative estimate of drug-likeness (QED) is 0.840. The maximum absolute atomic E-state index is 6.04. The highest BCUT2D eigenvalue weighted by atomic mass is 32.1. The first kappa shape index (κ1) is 9.49. The van der Waals surface area contributed by atoms with E-state index in [-0.39, 0.29) is 6.04 Å². The molecule has 0 bridgehead atoms. The molecule has 0 fully saturated rings. The minimum absolute atomic E-state index is 0.0244. The number of thiophene rings is 1. The van der Waals surface area contributed by atoms with E-state index in [2.05, 4.69) is 11.4 Å². The molecular weight excluding hydrogens is 194 g/mol. The zero-order valence-electron chi connectivity index (χ0n) is 8.07. The Labute approximate surface area is 87.4 Å². The molecule has 0 spiro atoms. The molecule has 3 heteroatoms. The summed E-state index contributed by atoms with van der Waals surface area (Å²) in [5.41, 5.74) is 7.18. The minimum atomic E-state index is -0.0244. The Balaban J connectivity index is 2.10. The van der Waals surface area contributed by atoms with Crippen LogP contribution in [0.1, 0.15) is 22.2 Å². The van der Waals surface area contributed by atoms with Crippen molar-refractivity contribution in [3.05, 3.63) is 46.0 Å². The highest BCUT2D eigenvalue weighted by molar-refractivity contribution is 7.09. The average molecular weight is 207 g/mol. The molecule has 2 aromatic heterocycles. The van der Waals surface area contributed by atoms with Gasteiger partial charge in [-0.05, 0) is 30.0 Å². The smallest absolute Gasteiger partial charge is 0.123 e. The summed E-state index contributed by atoms with van der Waals surface area (Å²) in [6.45, 7) is 2.02. The van der Waals surface area contributed by atoms with Crippen molar-refractivity contribution in [1.82, 2.24) is 0 Å². The van der Waals surface area contributed by atoms with Gasteiger partial charge in [-0.3, -0.25) is 0 Å². The maximum atomic E-state index is 6.04. The average Bonchev–Trinajstić information content (AvgIpc) is 2.75. The molecule has 0 aliphatic heterocycles. The van der Waals surface area contributed by atoms with Gasteiger partial charge in [-0.25, -0.2) is 0 Å². The van der Waals surface area contributed by atoms with E-state index < -0.39 is 0 Å². The van der Waals surface area contributed by atoms with Crippen LogP contribution >= 0.6 is 11.3 Å². The molecule has 2 aromatic rings. The lowest BCUT2D eigenvalue weighted by Gasteiger charge is -2.07. The van der Waals surface area contributed by atoms with E-state index >= 15 is 0 Å². The number of aryl methyl sites for hydroxylation is 1. The van der Waals surface area contributed by atoms with E-state index in [0.29, 0.717) is 0 Å². The number of hydrogen-bond donors (Lipinski definition) is 1. The van der Waals surface area contributed by atoms with Crippen LogP contribution in [0.3, 0.4) is 0 Å². The Hall–Kier alpha value is -1.06. The van der Waals surface area contributed by atoms with Crippen LogP contribution in [0.5, 0.6) is 0 Å². The highest BCUT2D eigenvalue weighted by Crippen LogP contribution is 2.22. The summed E-state index contributed by atoms with van der Waals surface area (Å²) in [7, 11) is 0. The zero-order chi connectivity index (χ0) is 9.97. The Kier molecular flexibility index (Phi) is 2.70. The van der Waals surface area contributed by atoms with Gasteiger partial charge < -0.3 is 10.2 Å². The summed E-state index contributed by atoms with van der Waals surface area (Å²) in [5.74, 6) is 0.901. The minimum Gasteiger partial charge on any atom is -0.467 e. The van der Waals surface area contributed by atoms with Gasteiger partial charge in [-0.15, -0.1) is 11.3 Å². The number of hydrogen-bond acceptors (Lipinski definition) is 3. The van der Waals surface area contributed by atoms with Gasteiger partial charge >= 0.3 is 0 Å². The van der Waals surface area contributed by atoms with E-state index in [4.69, 9.17) is 10.2 Å². The molecule has 0 saturated carbocycles. The molecule has 0 amide bonds. The first-order chi connectivity index (χ1) is 6.77. The van der Waals surface area contributed by atoms with Crippen molar-refractivity contribution in [1.29, 1.82) is 0 Å². The van der Waals surface area contributed by atoms with Crippen molar-refractivity contribution in [3.63, 3.8) is 0 Å². The number of nitrogens with two attached hydrogens (primary N) is 1. The van der Waals surface area contributed by atoms with Gasteiger partial charge in [-0.2, -0.15) is 0 Å². The van der Waals surface area contributed by atoms with Gasteiger partial charge in [0.05, 0.1) is 12.3 Å². The third-order valence-corrected chi connectivity index (χ3v) is 3.14. The van der Waals surface area contributed by atoms with E-state index in [1.165, 1.54) is 4.88 Å². The Bertz CT molecular complexity index is 391. The molecule has 74 valence electrons. The molecular formula is C11H13NOS. The lowest BCUT2D eigenvalue weighted by atomic mass is 10.1. The van der Waals surface area contributed by atoms with Gasteiger partial charge in [0.15, 0.2) is 0 Å². The first-order valence-electron chi connectivity index (χ1n) is 4.59. The molecule has 0 saturated heterocycles. The topological polar surface area (TPSA) is 39.2 Å². The van der Waals surface area contributed by atoms with Crippen LogP contribution < -0.4 is 5.73 Å². The molecule has 2 rings (SSSR count). The Morgan fingerprint density at radius 3 is 2.93 bits per heavy atom. The fourth-order valence-electron chi connectivity index (χ4n) is 1.50. The van der Waals surface area contributed by atoms with E-state index in [0.717, 1.165) is 17.7 Å². The maximum Gasteiger partial charge on any atom is 0.123 e. The van der Waals surface area contributed by atoms with Crippen molar-refractivity contribution in [2.45, 2.75) is 19.4 Å². The van der Waals surface area contributed by atoms with E-state index in [1.807, 2.05) is 19.1 Å². The van der Waals surface area contributed by atoms with Crippen molar-refractivity contribution >= 4 is 11.3 Å². The summed E-state index contributed by atoms with van der Waals surface area (Å²) >= 11 is 1.73. The summed E-state index contributed by atoms with van der Waals surface area (Å²) in [5, 5.41) is 2.07. The predicted molar refractivity (Wildman–Crippen MR) is 58.4 cm³/mol. The SMILES string of the molecule is Cc1ccoc1C(N)Cc1cccs1. The summed E-state index contributed by atoms with van der Waals surface area (Å²) in [6, 6.07) is 6.07. The highest BCUT2D eigenvalue weighted by Gasteiger charge is 2.13.